The Labute approximate surface area is 82.9 Å². The van der Waals surface area contributed by atoms with Crippen molar-refractivity contribution in [2.24, 2.45) is 11.1 Å². The van der Waals surface area contributed by atoms with Crippen molar-refractivity contribution >= 4 is 5.71 Å². The van der Waals surface area contributed by atoms with Crippen LogP contribution in [0.4, 0.5) is 0 Å². The van der Waals surface area contributed by atoms with Gasteiger partial charge in [0.2, 0.25) is 0 Å². The maximum absolute atomic E-state index is 10.1. The molecule has 78 valence electrons. The van der Waals surface area contributed by atoms with E-state index in [1.54, 1.807) is 6.08 Å². The second kappa shape index (κ2) is 3.37. The van der Waals surface area contributed by atoms with Crippen LogP contribution in [0.5, 0.6) is 0 Å². The number of rotatable bonds is 2. The van der Waals surface area contributed by atoms with Crippen molar-refractivity contribution in [3.05, 3.63) is 12.7 Å². The third-order valence-corrected chi connectivity index (χ3v) is 2.93. The van der Waals surface area contributed by atoms with Crippen molar-refractivity contribution in [2.45, 2.75) is 31.0 Å². The number of fused-ring (bicyclic) bond motifs is 1. The topological polar surface area (TPSA) is 62.0 Å². The highest BCUT2D eigenvalue weighted by atomic mass is 16.6. The summed E-state index contributed by atoms with van der Waals surface area (Å²) < 4.78 is 0. The minimum absolute atomic E-state index is 0.0729. The zero-order valence-corrected chi connectivity index (χ0v) is 8.02. The van der Waals surface area contributed by atoms with Gasteiger partial charge in [-0.2, -0.15) is 0 Å². The summed E-state index contributed by atoms with van der Waals surface area (Å²) in [7, 11) is 0. The normalized spacial score (nSPS) is 41.1. The molecule has 2 N–H and O–H groups in total. The van der Waals surface area contributed by atoms with E-state index in [0.29, 0.717) is 31.6 Å². The van der Waals surface area contributed by atoms with Crippen molar-refractivity contribution in [3.8, 4) is 0 Å². The van der Waals surface area contributed by atoms with E-state index in [0.717, 1.165) is 0 Å². The molecule has 0 aromatic rings. The van der Waals surface area contributed by atoms with Gasteiger partial charge in [0, 0.05) is 12.3 Å². The molecule has 0 unspecified atom stereocenters. The molecule has 1 heterocycles. The van der Waals surface area contributed by atoms with Crippen LogP contribution in [0.3, 0.4) is 0 Å². The predicted molar refractivity (Wildman–Crippen MR) is 51.9 cm³/mol. The van der Waals surface area contributed by atoms with Gasteiger partial charge in [-0.15, -0.1) is 6.58 Å². The molecule has 1 saturated carbocycles. The number of nitrogens with zero attached hydrogens (tertiary/aromatic N) is 1. The third-order valence-electron chi connectivity index (χ3n) is 2.93. The second-order valence-corrected chi connectivity index (χ2v) is 4.15. The standard InChI is InChI=1S/C10H15NO3/c1-2-3-10(13)4-7-6-14-11-9(7)8(12)5-10/h2,7-8,12-13H,1,3-6H2/t7-,8+,10-/m1/s1. The van der Waals surface area contributed by atoms with E-state index in [-0.39, 0.29) is 5.92 Å². The van der Waals surface area contributed by atoms with E-state index < -0.39 is 11.7 Å². The maximum atomic E-state index is 10.1. The second-order valence-electron chi connectivity index (χ2n) is 4.15. The lowest BCUT2D eigenvalue weighted by atomic mass is 9.74. The van der Waals surface area contributed by atoms with Crippen molar-refractivity contribution < 1.29 is 15.1 Å². The van der Waals surface area contributed by atoms with E-state index in [9.17, 15) is 10.2 Å². The summed E-state index contributed by atoms with van der Waals surface area (Å²) in [5.41, 5.74) is -0.141. The minimum atomic E-state index is -0.835. The van der Waals surface area contributed by atoms with Gasteiger partial charge < -0.3 is 15.1 Å². The molecule has 2 aliphatic rings. The van der Waals surface area contributed by atoms with Gasteiger partial charge in [0.15, 0.2) is 0 Å². The summed E-state index contributed by atoms with van der Waals surface area (Å²) in [5, 5.41) is 23.7. The van der Waals surface area contributed by atoms with E-state index in [2.05, 4.69) is 11.7 Å². The summed E-state index contributed by atoms with van der Waals surface area (Å²) in [5.74, 6) is 0.0729. The quantitative estimate of drug-likeness (QED) is 0.632. The van der Waals surface area contributed by atoms with Crippen LogP contribution in [-0.2, 0) is 4.84 Å². The summed E-state index contributed by atoms with van der Waals surface area (Å²) in [6.45, 7) is 4.09. The molecule has 1 aliphatic carbocycles. The summed E-state index contributed by atoms with van der Waals surface area (Å²) >= 11 is 0. The molecule has 3 atom stereocenters. The Balaban J connectivity index is 2.13. The molecule has 0 radical (unpaired) electrons. The maximum Gasteiger partial charge on any atom is 0.125 e. The van der Waals surface area contributed by atoms with Crippen LogP contribution < -0.4 is 0 Å². The largest absolute Gasteiger partial charge is 0.395 e. The smallest absolute Gasteiger partial charge is 0.125 e. The van der Waals surface area contributed by atoms with E-state index in [1.165, 1.54) is 0 Å². The highest BCUT2D eigenvalue weighted by Gasteiger charge is 2.44. The van der Waals surface area contributed by atoms with Gasteiger partial charge >= 0.3 is 0 Å². The zero-order valence-electron chi connectivity index (χ0n) is 8.02. The fourth-order valence-electron chi connectivity index (χ4n) is 2.30. The number of hydrogen-bond acceptors (Lipinski definition) is 4. The lowest BCUT2D eigenvalue weighted by molar-refractivity contribution is -0.0233. The first-order valence-corrected chi connectivity index (χ1v) is 4.86. The molecule has 0 aromatic heterocycles. The Kier molecular flexibility index (Phi) is 2.33. The van der Waals surface area contributed by atoms with Crippen LogP contribution in [-0.4, -0.2) is 34.2 Å². The molecule has 1 aliphatic heterocycles. The predicted octanol–water partition coefficient (Wildman–Crippen LogP) is 0.451. The molecule has 0 aromatic carbocycles. The minimum Gasteiger partial charge on any atom is -0.395 e. The lowest BCUT2D eigenvalue weighted by Gasteiger charge is -2.36. The molecule has 1 fully saturated rings. The SMILES string of the molecule is C=CC[C@@]1(O)C[C@@H]2CON=C2[C@@H](O)C1. The summed E-state index contributed by atoms with van der Waals surface area (Å²) in [4.78, 5) is 4.92. The molecule has 0 amide bonds. The number of oxime groups is 1. The fourth-order valence-corrected chi connectivity index (χ4v) is 2.30. The number of hydrogen-bond donors (Lipinski definition) is 2. The Bertz CT molecular complexity index is 277. The third kappa shape index (κ3) is 1.55. The van der Waals surface area contributed by atoms with Crippen LogP contribution in [0.15, 0.2) is 17.8 Å². The average Bonchev–Trinajstić information content (AvgIpc) is 2.51. The van der Waals surface area contributed by atoms with Crippen LogP contribution >= 0.6 is 0 Å². The lowest BCUT2D eigenvalue weighted by Crippen LogP contribution is -2.46. The number of aliphatic hydroxyl groups excluding tert-OH is 1. The Hall–Kier alpha value is -0.870. The Morgan fingerprint density at radius 2 is 2.43 bits per heavy atom. The van der Waals surface area contributed by atoms with Gasteiger partial charge in [-0.3, -0.25) is 0 Å². The van der Waals surface area contributed by atoms with Gasteiger partial charge in [0.25, 0.3) is 0 Å². The van der Waals surface area contributed by atoms with Gasteiger partial charge in [-0.25, -0.2) is 0 Å². The van der Waals surface area contributed by atoms with Crippen molar-refractivity contribution in [1.82, 2.24) is 0 Å². The first kappa shape index (κ1) is 9.68. The van der Waals surface area contributed by atoms with Crippen LogP contribution in [0.2, 0.25) is 0 Å². The average molecular weight is 197 g/mol. The van der Waals surface area contributed by atoms with Crippen LogP contribution in [0.1, 0.15) is 19.3 Å². The molecular weight excluding hydrogens is 182 g/mol. The van der Waals surface area contributed by atoms with Gasteiger partial charge in [-0.1, -0.05) is 11.2 Å². The highest BCUT2D eigenvalue weighted by molar-refractivity contribution is 5.92. The van der Waals surface area contributed by atoms with Gasteiger partial charge in [0.1, 0.15) is 6.61 Å². The molecule has 0 spiro atoms. The Morgan fingerprint density at radius 3 is 3.14 bits per heavy atom. The zero-order chi connectivity index (χ0) is 10.2. The molecule has 0 bridgehead atoms. The first-order chi connectivity index (χ1) is 6.64. The van der Waals surface area contributed by atoms with Gasteiger partial charge in [0.05, 0.1) is 17.4 Å². The van der Waals surface area contributed by atoms with Crippen LogP contribution in [0, 0.1) is 5.92 Å². The number of aliphatic hydroxyl groups is 2. The van der Waals surface area contributed by atoms with Crippen molar-refractivity contribution in [3.63, 3.8) is 0 Å². The van der Waals surface area contributed by atoms with E-state index >= 15 is 0 Å². The molecule has 0 saturated heterocycles. The molecule has 14 heavy (non-hydrogen) atoms. The van der Waals surface area contributed by atoms with Gasteiger partial charge in [-0.05, 0) is 12.8 Å². The van der Waals surface area contributed by atoms with E-state index in [1.807, 2.05) is 0 Å². The van der Waals surface area contributed by atoms with Crippen LogP contribution in [0.25, 0.3) is 0 Å². The molecule has 4 nitrogen and oxygen atoms in total. The van der Waals surface area contributed by atoms with E-state index in [4.69, 9.17) is 4.84 Å². The molecule has 4 heteroatoms. The molecular formula is C10H15NO3. The monoisotopic (exact) mass is 197 g/mol. The molecule has 2 rings (SSSR count). The first-order valence-electron chi connectivity index (χ1n) is 4.86. The highest BCUT2D eigenvalue weighted by Crippen LogP contribution is 2.36. The fraction of sp³-hybridized carbons (Fsp3) is 0.700. The summed E-state index contributed by atoms with van der Waals surface area (Å²) in [6, 6.07) is 0. The van der Waals surface area contributed by atoms with Crippen molar-refractivity contribution in [2.75, 3.05) is 6.61 Å². The summed E-state index contributed by atoms with van der Waals surface area (Å²) in [6.07, 6.45) is 2.46. The van der Waals surface area contributed by atoms with Crippen molar-refractivity contribution in [1.29, 1.82) is 0 Å². The Morgan fingerprint density at radius 1 is 1.64 bits per heavy atom.